The van der Waals surface area contributed by atoms with E-state index in [4.69, 9.17) is 4.42 Å². The number of carbonyl (C=O) groups is 1. The van der Waals surface area contributed by atoms with Crippen LogP contribution in [0.3, 0.4) is 0 Å². The second kappa shape index (κ2) is 6.33. The first kappa shape index (κ1) is 12.8. The number of furan rings is 1. The van der Waals surface area contributed by atoms with Crippen LogP contribution in [0.15, 0.2) is 23.0 Å². The minimum atomic E-state index is 0.0986. The van der Waals surface area contributed by atoms with Gasteiger partial charge in [-0.2, -0.15) is 0 Å². The molecule has 1 amide bonds. The van der Waals surface area contributed by atoms with Gasteiger partial charge in [0.1, 0.15) is 0 Å². The van der Waals surface area contributed by atoms with Crippen LogP contribution in [0.5, 0.6) is 0 Å². The van der Waals surface area contributed by atoms with E-state index in [0.717, 1.165) is 12.0 Å². The Kier molecular flexibility index (Phi) is 5.05. The van der Waals surface area contributed by atoms with Gasteiger partial charge in [0.15, 0.2) is 0 Å². The van der Waals surface area contributed by atoms with Crippen molar-refractivity contribution < 1.29 is 9.21 Å². The molecule has 0 saturated carbocycles. The van der Waals surface area contributed by atoms with Gasteiger partial charge in [0.05, 0.1) is 19.1 Å². The molecule has 0 radical (unpaired) electrons. The number of nitrogens with one attached hydrogen (secondary N) is 1. The van der Waals surface area contributed by atoms with Crippen LogP contribution in [0.25, 0.3) is 0 Å². The van der Waals surface area contributed by atoms with E-state index in [2.05, 4.69) is 19.2 Å². The summed E-state index contributed by atoms with van der Waals surface area (Å²) in [4.78, 5) is 13.4. The molecule has 1 heterocycles. The highest BCUT2D eigenvalue weighted by molar-refractivity contribution is 5.77. The summed E-state index contributed by atoms with van der Waals surface area (Å²) in [7, 11) is 1.80. The van der Waals surface area contributed by atoms with E-state index in [-0.39, 0.29) is 5.91 Å². The zero-order valence-electron chi connectivity index (χ0n) is 10.2. The lowest BCUT2D eigenvalue weighted by Gasteiger charge is -2.18. The third-order valence-corrected chi connectivity index (χ3v) is 2.64. The molecule has 0 bridgehead atoms. The lowest BCUT2D eigenvalue weighted by Crippen LogP contribution is -2.38. The maximum atomic E-state index is 11.7. The van der Waals surface area contributed by atoms with Gasteiger partial charge in [-0.1, -0.05) is 6.92 Å². The molecule has 90 valence electrons. The second-order valence-electron chi connectivity index (χ2n) is 4.07. The van der Waals surface area contributed by atoms with Gasteiger partial charge in [-0.3, -0.25) is 4.79 Å². The van der Waals surface area contributed by atoms with Gasteiger partial charge in [0.2, 0.25) is 5.91 Å². The van der Waals surface area contributed by atoms with Crippen LogP contribution >= 0.6 is 0 Å². The summed E-state index contributed by atoms with van der Waals surface area (Å²) in [6.45, 7) is 5.15. The molecule has 0 aliphatic carbocycles. The first-order valence-electron chi connectivity index (χ1n) is 5.62. The molecule has 16 heavy (non-hydrogen) atoms. The average Bonchev–Trinajstić information content (AvgIpc) is 2.77. The molecule has 1 aromatic heterocycles. The maximum absolute atomic E-state index is 11.7. The monoisotopic (exact) mass is 224 g/mol. The standard InChI is InChI=1S/C12H20N2O2/c1-4-10(2)13-7-12(15)14(3)8-11-5-6-16-9-11/h5-6,9-10,13H,4,7-8H2,1-3H3. The Bertz CT molecular complexity index is 309. The maximum Gasteiger partial charge on any atom is 0.236 e. The summed E-state index contributed by atoms with van der Waals surface area (Å²) in [5.74, 6) is 0.0986. The van der Waals surface area contributed by atoms with E-state index in [1.807, 2.05) is 6.07 Å². The quantitative estimate of drug-likeness (QED) is 0.798. The predicted molar refractivity (Wildman–Crippen MR) is 62.9 cm³/mol. The summed E-state index contributed by atoms with van der Waals surface area (Å²) >= 11 is 0. The molecule has 0 spiro atoms. The molecule has 1 unspecified atom stereocenters. The lowest BCUT2D eigenvalue weighted by molar-refractivity contribution is -0.129. The van der Waals surface area contributed by atoms with Gasteiger partial charge in [0.25, 0.3) is 0 Å². The van der Waals surface area contributed by atoms with E-state index in [9.17, 15) is 4.79 Å². The number of rotatable bonds is 6. The zero-order chi connectivity index (χ0) is 12.0. The summed E-state index contributed by atoms with van der Waals surface area (Å²) in [5, 5.41) is 3.18. The van der Waals surface area contributed by atoms with Crippen molar-refractivity contribution in [1.82, 2.24) is 10.2 Å². The van der Waals surface area contributed by atoms with Crippen molar-refractivity contribution in [1.29, 1.82) is 0 Å². The van der Waals surface area contributed by atoms with Crippen molar-refractivity contribution in [2.75, 3.05) is 13.6 Å². The van der Waals surface area contributed by atoms with Crippen molar-refractivity contribution in [3.8, 4) is 0 Å². The highest BCUT2D eigenvalue weighted by atomic mass is 16.3. The highest BCUT2D eigenvalue weighted by Gasteiger charge is 2.10. The van der Waals surface area contributed by atoms with Crippen molar-refractivity contribution in [3.63, 3.8) is 0 Å². The molecule has 4 nitrogen and oxygen atoms in total. The minimum Gasteiger partial charge on any atom is -0.472 e. The SMILES string of the molecule is CCC(C)NCC(=O)N(C)Cc1ccoc1. The molecule has 1 aromatic rings. The normalized spacial score (nSPS) is 12.4. The van der Waals surface area contributed by atoms with E-state index in [0.29, 0.717) is 19.1 Å². The Balaban J connectivity index is 2.31. The summed E-state index contributed by atoms with van der Waals surface area (Å²) in [5.41, 5.74) is 1.01. The van der Waals surface area contributed by atoms with Crippen molar-refractivity contribution >= 4 is 5.91 Å². The van der Waals surface area contributed by atoms with Crippen LogP contribution in [0.1, 0.15) is 25.8 Å². The van der Waals surface area contributed by atoms with E-state index < -0.39 is 0 Å². The number of nitrogens with zero attached hydrogens (tertiary/aromatic N) is 1. The number of amides is 1. The number of carbonyl (C=O) groups excluding carboxylic acids is 1. The first-order valence-corrected chi connectivity index (χ1v) is 5.62. The Morgan fingerprint density at radius 3 is 2.94 bits per heavy atom. The molecular weight excluding hydrogens is 204 g/mol. The Hall–Kier alpha value is -1.29. The molecule has 1 N–H and O–H groups in total. The van der Waals surface area contributed by atoms with Crippen LogP contribution in [0.4, 0.5) is 0 Å². The van der Waals surface area contributed by atoms with Gasteiger partial charge in [-0.25, -0.2) is 0 Å². The average molecular weight is 224 g/mol. The third-order valence-electron chi connectivity index (χ3n) is 2.64. The molecule has 0 saturated heterocycles. The molecule has 1 atom stereocenters. The Morgan fingerprint density at radius 1 is 1.62 bits per heavy atom. The summed E-state index contributed by atoms with van der Waals surface area (Å²) < 4.78 is 4.96. The lowest BCUT2D eigenvalue weighted by atomic mass is 10.2. The Morgan fingerprint density at radius 2 is 2.38 bits per heavy atom. The molecule has 0 aromatic carbocycles. The zero-order valence-corrected chi connectivity index (χ0v) is 10.2. The minimum absolute atomic E-state index is 0.0986. The molecule has 0 aliphatic rings. The van der Waals surface area contributed by atoms with Gasteiger partial charge >= 0.3 is 0 Å². The summed E-state index contributed by atoms with van der Waals surface area (Å²) in [6.07, 6.45) is 4.30. The second-order valence-corrected chi connectivity index (χ2v) is 4.07. The fourth-order valence-corrected chi connectivity index (χ4v) is 1.29. The predicted octanol–water partition coefficient (Wildman–Crippen LogP) is 1.63. The van der Waals surface area contributed by atoms with Gasteiger partial charge in [-0.15, -0.1) is 0 Å². The van der Waals surface area contributed by atoms with Crippen molar-refractivity contribution in [2.45, 2.75) is 32.9 Å². The molecule has 0 aliphatic heterocycles. The molecule has 4 heteroatoms. The van der Waals surface area contributed by atoms with Crippen LogP contribution in [0.2, 0.25) is 0 Å². The number of likely N-dealkylation sites (N-methyl/N-ethyl adjacent to an activating group) is 1. The van der Waals surface area contributed by atoms with E-state index in [1.54, 1.807) is 24.5 Å². The van der Waals surface area contributed by atoms with Crippen LogP contribution in [0, 0.1) is 0 Å². The highest BCUT2D eigenvalue weighted by Crippen LogP contribution is 2.03. The van der Waals surface area contributed by atoms with Gasteiger partial charge < -0.3 is 14.6 Å². The van der Waals surface area contributed by atoms with Crippen LogP contribution in [-0.4, -0.2) is 30.4 Å². The third kappa shape index (κ3) is 4.06. The van der Waals surface area contributed by atoms with Crippen LogP contribution in [-0.2, 0) is 11.3 Å². The Labute approximate surface area is 96.6 Å². The van der Waals surface area contributed by atoms with Crippen molar-refractivity contribution in [3.05, 3.63) is 24.2 Å². The topological polar surface area (TPSA) is 45.5 Å². The molecular formula is C12H20N2O2. The number of hydrogen-bond acceptors (Lipinski definition) is 3. The van der Waals surface area contributed by atoms with E-state index >= 15 is 0 Å². The van der Waals surface area contributed by atoms with Crippen molar-refractivity contribution in [2.24, 2.45) is 0 Å². The van der Waals surface area contributed by atoms with Crippen LogP contribution < -0.4 is 5.32 Å². The fourth-order valence-electron chi connectivity index (χ4n) is 1.29. The molecule has 1 rings (SSSR count). The largest absolute Gasteiger partial charge is 0.472 e. The summed E-state index contributed by atoms with van der Waals surface area (Å²) in [6, 6.07) is 2.25. The van der Waals surface area contributed by atoms with Gasteiger partial charge in [-0.05, 0) is 19.4 Å². The molecule has 0 fully saturated rings. The van der Waals surface area contributed by atoms with E-state index in [1.165, 1.54) is 0 Å². The van der Waals surface area contributed by atoms with Gasteiger partial charge in [0, 0.05) is 25.2 Å². The first-order chi connectivity index (χ1) is 7.63. The fraction of sp³-hybridized carbons (Fsp3) is 0.583. The smallest absolute Gasteiger partial charge is 0.236 e. The number of hydrogen-bond donors (Lipinski definition) is 1.